The Hall–Kier alpha value is -3.29. The predicted molar refractivity (Wildman–Crippen MR) is 95.2 cm³/mol. The molecule has 0 N–H and O–H groups in total. The van der Waals surface area contributed by atoms with E-state index in [4.69, 9.17) is 4.52 Å². The van der Waals surface area contributed by atoms with Crippen LogP contribution in [0.1, 0.15) is 12.8 Å². The van der Waals surface area contributed by atoms with E-state index in [1.54, 1.807) is 23.2 Å². The van der Waals surface area contributed by atoms with Crippen molar-refractivity contribution < 1.29 is 13.7 Å². The summed E-state index contributed by atoms with van der Waals surface area (Å²) in [5.74, 6) is -0.129. The van der Waals surface area contributed by atoms with Gasteiger partial charge in [0.15, 0.2) is 0 Å². The standard InChI is InChI=1S/C19H17FN4O3/c20-14-7-5-13(6-8-14)17-21-18(27-22-17)15-4-3-11-24(19(15)26)12-16(25)23-9-1-2-10-23/h3-8,11H,1-2,9-10,12H2. The van der Waals surface area contributed by atoms with Crippen molar-refractivity contribution in [2.75, 3.05) is 13.1 Å². The lowest BCUT2D eigenvalue weighted by Crippen LogP contribution is -2.34. The van der Waals surface area contributed by atoms with Gasteiger partial charge < -0.3 is 14.0 Å². The van der Waals surface area contributed by atoms with Gasteiger partial charge in [-0.3, -0.25) is 9.59 Å². The number of rotatable bonds is 4. The van der Waals surface area contributed by atoms with Crippen molar-refractivity contribution in [1.29, 1.82) is 0 Å². The van der Waals surface area contributed by atoms with Crippen LogP contribution in [0.4, 0.5) is 4.39 Å². The molecule has 1 amide bonds. The van der Waals surface area contributed by atoms with Gasteiger partial charge in [0.1, 0.15) is 17.9 Å². The first-order chi connectivity index (χ1) is 13.1. The summed E-state index contributed by atoms with van der Waals surface area (Å²) in [4.78, 5) is 31.0. The molecule has 0 spiro atoms. The number of hydrogen-bond donors (Lipinski definition) is 0. The highest BCUT2D eigenvalue weighted by Gasteiger charge is 2.20. The van der Waals surface area contributed by atoms with Crippen molar-refractivity contribution in [1.82, 2.24) is 19.6 Å². The van der Waals surface area contributed by atoms with E-state index in [-0.39, 0.29) is 41.1 Å². The molecular formula is C19H17FN4O3. The number of carbonyl (C=O) groups is 1. The van der Waals surface area contributed by atoms with E-state index in [9.17, 15) is 14.0 Å². The third-order valence-corrected chi connectivity index (χ3v) is 4.54. The molecule has 0 atom stereocenters. The maximum atomic E-state index is 13.0. The molecule has 7 nitrogen and oxygen atoms in total. The Balaban J connectivity index is 1.60. The van der Waals surface area contributed by atoms with Crippen LogP contribution in [0.15, 0.2) is 51.9 Å². The molecule has 1 fully saturated rings. The second-order valence-corrected chi connectivity index (χ2v) is 6.37. The lowest BCUT2D eigenvalue weighted by atomic mass is 10.2. The molecule has 0 unspecified atom stereocenters. The van der Waals surface area contributed by atoms with E-state index >= 15 is 0 Å². The number of halogens is 1. The molecule has 138 valence electrons. The summed E-state index contributed by atoms with van der Waals surface area (Å²) >= 11 is 0. The third kappa shape index (κ3) is 3.51. The molecule has 0 aliphatic carbocycles. The van der Waals surface area contributed by atoms with Gasteiger partial charge in [0, 0.05) is 24.8 Å². The van der Waals surface area contributed by atoms with Gasteiger partial charge in [-0.15, -0.1) is 0 Å². The fourth-order valence-electron chi connectivity index (χ4n) is 3.09. The third-order valence-electron chi connectivity index (χ3n) is 4.54. The van der Waals surface area contributed by atoms with Crippen LogP contribution in [0.25, 0.3) is 22.8 Å². The van der Waals surface area contributed by atoms with Crippen molar-refractivity contribution in [3.8, 4) is 22.8 Å². The zero-order chi connectivity index (χ0) is 18.8. The topological polar surface area (TPSA) is 81.2 Å². The van der Waals surface area contributed by atoms with Gasteiger partial charge in [-0.2, -0.15) is 4.98 Å². The zero-order valence-corrected chi connectivity index (χ0v) is 14.5. The minimum absolute atomic E-state index is 0.0222. The number of pyridine rings is 1. The highest BCUT2D eigenvalue weighted by molar-refractivity contribution is 5.76. The fraction of sp³-hybridized carbons (Fsp3) is 0.263. The molecule has 2 aromatic heterocycles. The summed E-state index contributed by atoms with van der Waals surface area (Å²) < 4.78 is 19.6. The molecule has 1 aliphatic rings. The van der Waals surface area contributed by atoms with Crippen LogP contribution in [0.3, 0.4) is 0 Å². The van der Waals surface area contributed by atoms with E-state index < -0.39 is 0 Å². The van der Waals surface area contributed by atoms with E-state index in [1.807, 2.05) is 0 Å². The van der Waals surface area contributed by atoms with Gasteiger partial charge in [0.05, 0.1) is 0 Å². The molecule has 1 aromatic carbocycles. The van der Waals surface area contributed by atoms with Gasteiger partial charge in [-0.1, -0.05) is 5.16 Å². The summed E-state index contributed by atoms with van der Waals surface area (Å²) in [5.41, 5.74) is 0.416. The first-order valence-electron chi connectivity index (χ1n) is 8.69. The highest BCUT2D eigenvalue weighted by Crippen LogP contribution is 2.20. The maximum absolute atomic E-state index is 13.0. The predicted octanol–water partition coefficient (Wildman–Crippen LogP) is 2.33. The van der Waals surface area contributed by atoms with Crippen LogP contribution in [0.5, 0.6) is 0 Å². The van der Waals surface area contributed by atoms with Gasteiger partial charge in [-0.25, -0.2) is 4.39 Å². The molecule has 3 aromatic rings. The normalized spacial score (nSPS) is 13.9. The second kappa shape index (κ2) is 7.14. The molecule has 27 heavy (non-hydrogen) atoms. The second-order valence-electron chi connectivity index (χ2n) is 6.37. The van der Waals surface area contributed by atoms with Crippen LogP contribution in [0.2, 0.25) is 0 Å². The quantitative estimate of drug-likeness (QED) is 0.706. The van der Waals surface area contributed by atoms with Crippen LogP contribution < -0.4 is 5.56 Å². The molecule has 3 heterocycles. The lowest BCUT2D eigenvalue weighted by Gasteiger charge is -2.16. The molecule has 1 saturated heterocycles. The molecule has 0 radical (unpaired) electrons. The molecule has 1 aliphatic heterocycles. The number of carbonyl (C=O) groups excluding carboxylic acids is 1. The molecular weight excluding hydrogens is 351 g/mol. The first kappa shape index (κ1) is 17.1. The Labute approximate surface area is 154 Å². The van der Waals surface area contributed by atoms with Crippen molar-refractivity contribution in [2.24, 2.45) is 0 Å². The van der Waals surface area contributed by atoms with E-state index in [2.05, 4.69) is 10.1 Å². The molecule has 4 rings (SSSR count). The average molecular weight is 368 g/mol. The average Bonchev–Trinajstić information content (AvgIpc) is 3.36. The monoisotopic (exact) mass is 368 g/mol. The van der Waals surface area contributed by atoms with Crippen LogP contribution in [-0.4, -0.2) is 38.6 Å². The van der Waals surface area contributed by atoms with Gasteiger partial charge in [0.2, 0.25) is 11.7 Å². The minimum atomic E-state index is -0.376. The number of likely N-dealkylation sites (tertiary alicyclic amines) is 1. The number of nitrogens with zero attached hydrogens (tertiary/aromatic N) is 4. The van der Waals surface area contributed by atoms with E-state index in [0.717, 1.165) is 25.9 Å². The Morgan fingerprint density at radius 2 is 1.89 bits per heavy atom. The molecule has 0 bridgehead atoms. The summed E-state index contributed by atoms with van der Waals surface area (Å²) in [5, 5.41) is 3.86. The number of benzene rings is 1. The summed E-state index contributed by atoms with van der Waals surface area (Å²) in [7, 11) is 0. The minimum Gasteiger partial charge on any atom is -0.341 e. The van der Waals surface area contributed by atoms with E-state index in [1.165, 1.54) is 28.8 Å². The lowest BCUT2D eigenvalue weighted by molar-refractivity contribution is -0.130. The van der Waals surface area contributed by atoms with Crippen LogP contribution >= 0.6 is 0 Å². The first-order valence-corrected chi connectivity index (χ1v) is 8.69. The fourth-order valence-corrected chi connectivity index (χ4v) is 3.09. The zero-order valence-electron chi connectivity index (χ0n) is 14.5. The van der Waals surface area contributed by atoms with Crippen molar-refractivity contribution >= 4 is 5.91 Å². The number of hydrogen-bond acceptors (Lipinski definition) is 5. The molecule has 0 saturated carbocycles. The largest absolute Gasteiger partial charge is 0.341 e. The Morgan fingerprint density at radius 3 is 2.63 bits per heavy atom. The summed E-state index contributed by atoms with van der Waals surface area (Å²) in [6, 6.07) is 8.89. The van der Waals surface area contributed by atoms with Crippen LogP contribution in [0, 0.1) is 5.82 Å². The number of aromatic nitrogens is 3. The summed E-state index contributed by atoms with van der Waals surface area (Å²) in [6.07, 6.45) is 3.56. The van der Waals surface area contributed by atoms with Gasteiger partial charge in [-0.05, 0) is 49.2 Å². The summed E-state index contributed by atoms with van der Waals surface area (Å²) in [6.45, 7) is 1.45. The van der Waals surface area contributed by atoms with E-state index in [0.29, 0.717) is 5.56 Å². The Bertz CT molecular complexity index is 1020. The maximum Gasteiger partial charge on any atom is 0.263 e. The Morgan fingerprint density at radius 1 is 1.15 bits per heavy atom. The van der Waals surface area contributed by atoms with Crippen molar-refractivity contribution in [3.63, 3.8) is 0 Å². The number of amides is 1. The molecule has 8 heteroatoms. The highest BCUT2D eigenvalue weighted by atomic mass is 19.1. The SMILES string of the molecule is O=C(Cn1cccc(-c2nc(-c3ccc(F)cc3)no2)c1=O)N1CCCC1. The van der Waals surface area contributed by atoms with Crippen LogP contribution in [-0.2, 0) is 11.3 Å². The van der Waals surface area contributed by atoms with Gasteiger partial charge >= 0.3 is 0 Å². The van der Waals surface area contributed by atoms with Crippen molar-refractivity contribution in [2.45, 2.75) is 19.4 Å². The smallest absolute Gasteiger partial charge is 0.263 e. The van der Waals surface area contributed by atoms with Gasteiger partial charge in [0.25, 0.3) is 11.4 Å². The Kier molecular flexibility index (Phi) is 4.53. The van der Waals surface area contributed by atoms with Crippen molar-refractivity contribution in [3.05, 3.63) is 58.8 Å².